The van der Waals surface area contributed by atoms with Gasteiger partial charge < -0.3 is 20.3 Å². The van der Waals surface area contributed by atoms with E-state index in [0.717, 1.165) is 22.3 Å². The van der Waals surface area contributed by atoms with Gasteiger partial charge in [0.05, 0.1) is 5.69 Å². The lowest BCUT2D eigenvalue weighted by atomic mass is 9.98. The van der Waals surface area contributed by atoms with E-state index in [4.69, 9.17) is 4.74 Å². The number of benzene rings is 2. The average molecular weight is 390 g/mol. The van der Waals surface area contributed by atoms with Crippen molar-refractivity contribution in [2.75, 3.05) is 13.2 Å². The van der Waals surface area contributed by atoms with Crippen LogP contribution in [0.5, 0.6) is 0 Å². The highest BCUT2D eigenvalue weighted by Gasteiger charge is 2.29. The molecule has 1 aliphatic rings. The first kappa shape index (κ1) is 19.1. The molecule has 29 heavy (non-hydrogen) atoms. The number of rotatable bonds is 6. The van der Waals surface area contributed by atoms with Crippen LogP contribution in [0.15, 0.2) is 72.9 Å². The second kappa shape index (κ2) is 8.43. The van der Waals surface area contributed by atoms with Gasteiger partial charge in [-0.15, -0.1) is 0 Å². The van der Waals surface area contributed by atoms with Crippen molar-refractivity contribution < 1.29 is 19.7 Å². The monoisotopic (exact) mass is 390 g/mol. The minimum absolute atomic E-state index is 0.0304. The summed E-state index contributed by atoms with van der Waals surface area (Å²) in [6, 6.07) is 21.3. The van der Waals surface area contributed by atoms with Crippen molar-refractivity contribution in [2.24, 2.45) is 0 Å². The number of carbonyl (C=O) groups is 1. The van der Waals surface area contributed by atoms with Crippen LogP contribution in [-0.4, -0.2) is 40.5 Å². The number of fused-ring (bicyclic) bond motifs is 3. The number of hydrogen-bond donors (Lipinski definition) is 3. The molecule has 6 nitrogen and oxygen atoms in total. The number of alkyl carbamates (subject to hydrolysis) is 1. The Kier molecular flexibility index (Phi) is 5.55. The predicted molar refractivity (Wildman–Crippen MR) is 108 cm³/mol. The summed E-state index contributed by atoms with van der Waals surface area (Å²) in [5.41, 5.74) is 4.92. The molecule has 1 aliphatic carbocycles. The van der Waals surface area contributed by atoms with Crippen molar-refractivity contribution >= 4 is 6.09 Å². The summed E-state index contributed by atoms with van der Waals surface area (Å²) in [5.74, 6) is -0.0304. The van der Waals surface area contributed by atoms with E-state index in [1.165, 1.54) is 6.20 Å². The molecular formula is C23H22N2O4. The molecule has 0 saturated carbocycles. The molecule has 4 rings (SSSR count). The largest absolute Gasteiger partial charge is 0.449 e. The van der Waals surface area contributed by atoms with Gasteiger partial charge in [0.15, 0.2) is 0 Å². The summed E-state index contributed by atoms with van der Waals surface area (Å²) in [5, 5.41) is 22.7. The molecule has 1 aromatic heterocycles. The van der Waals surface area contributed by atoms with E-state index in [2.05, 4.69) is 22.4 Å². The normalized spacial score (nSPS) is 14.6. The third-order valence-electron chi connectivity index (χ3n) is 5.15. The Morgan fingerprint density at radius 3 is 2.21 bits per heavy atom. The molecule has 1 heterocycles. The number of carbonyl (C=O) groups excluding carboxylic acids is 1. The zero-order chi connectivity index (χ0) is 20.2. The SMILES string of the molecule is O=C(NCC(O)C(O)c1ccccn1)OCC1c2ccccc2-c2ccccc21. The Morgan fingerprint density at radius 2 is 1.59 bits per heavy atom. The van der Waals surface area contributed by atoms with E-state index in [1.807, 2.05) is 36.4 Å². The highest BCUT2D eigenvalue weighted by molar-refractivity contribution is 5.79. The molecule has 0 aliphatic heterocycles. The Labute approximate surface area is 168 Å². The van der Waals surface area contributed by atoms with E-state index in [-0.39, 0.29) is 19.1 Å². The number of amides is 1. The van der Waals surface area contributed by atoms with Crippen LogP contribution in [0.2, 0.25) is 0 Å². The van der Waals surface area contributed by atoms with Gasteiger partial charge in [-0.05, 0) is 34.4 Å². The van der Waals surface area contributed by atoms with E-state index in [1.54, 1.807) is 18.2 Å². The van der Waals surface area contributed by atoms with Crippen molar-refractivity contribution in [1.29, 1.82) is 0 Å². The van der Waals surface area contributed by atoms with Gasteiger partial charge in [0.2, 0.25) is 0 Å². The number of nitrogens with zero attached hydrogens (tertiary/aromatic N) is 1. The maximum Gasteiger partial charge on any atom is 0.407 e. The van der Waals surface area contributed by atoms with Gasteiger partial charge in [0, 0.05) is 18.7 Å². The van der Waals surface area contributed by atoms with Crippen molar-refractivity contribution in [3.63, 3.8) is 0 Å². The first-order chi connectivity index (χ1) is 14.1. The topological polar surface area (TPSA) is 91.7 Å². The quantitative estimate of drug-likeness (QED) is 0.602. The van der Waals surface area contributed by atoms with E-state index >= 15 is 0 Å². The summed E-state index contributed by atoms with van der Waals surface area (Å²) >= 11 is 0. The third-order valence-corrected chi connectivity index (χ3v) is 5.15. The molecule has 2 unspecified atom stereocenters. The minimum atomic E-state index is -1.19. The van der Waals surface area contributed by atoms with E-state index in [0.29, 0.717) is 5.69 Å². The summed E-state index contributed by atoms with van der Waals surface area (Å²) in [4.78, 5) is 16.1. The first-order valence-corrected chi connectivity index (χ1v) is 9.51. The highest BCUT2D eigenvalue weighted by Crippen LogP contribution is 2.44. The molecule has 0 fully saturated rings. The maximum absolute atomic E-state index is 12.1. The van der Waals surface area contributed by atoms with Crippen LogP contribution in [0.25, 0.3) is 11.1 Å². The highest BCUT2D eigenvalue weighted by atomic mass is 16.5. The summed E-state index contributed by atoms with van der Waals surface area (Å²) < 4.78 is 5.42. The smallest absolute Gasteiger partial charge is 0.407 e. The van der Waals surface area contributed by atoms with Gasteiger partial charge >= 0.3 is 6.09 Å². The van der Waals surface area contributed by atoms with Crippen molar-refractivity contribution in [1.82, 2.24) is 10.3 Å². The van der Waals surface area contributed by atoms with Gasteiger partial charge in [-0.2, -0.15) is 0 Å². The van der Waals surface area contributed by atoms with Gasteiger partial charge in [0.25, 0.3) is 0 Å². The van der Waals surface area contributed by atoms with Crippen molar-refractivity contribution in [3.05, 3.63) is 89.7 Å². The maximum atomic E-state index is 12.1. The van der Waals surface area contributed by atoms with Gasteiger partial charge in [0.1, 0.15) is 18.8 Å². The van der Waals surface area contributed by atoms with Gasteiger partial charge in [-0.25, -0.2) is 4.79 Å². The van der Waals surface area contributed by atoms with Crippen LogP contribution in [0, 0.1) is 0 Å². The standard InChI is InChI=1S/C23H22N2O4/c26-21(22(27)20-11-5-6-12-24-20)13-25-23(28)29-14-19-17-9-3-1-7-15(17)16-8-2-4-10-18(16)19/h1-12,19,21-22,26-27H,13-14H2,(H,25,28). The predicted octanol–water partition coefficient (Wildman–Crippen LogP) is 3.01. The lowest BCUT2D eigenvalue weighted by Gasteiger charge is -2.18. The second-order valence-corrected chi connectivity index (χ2v) is 6.97. The lowest BCUT2D eigenvalue weighted by molar-refractivity contribution is 0.0161. The van der Waals surface area contributed by atoms with Crippen LogP contribution < -0.4 is 5.32 Å². The molecule has 2 atom stereocenters. The third kappa shape index (κ3) is 3.99. The molecule has 6 heteroatoms. The Balaban J connectivity index is 1.34. The number of pyridine rings is 1. The number of hydrogen-bond acceptors (Lipinski definition) is 5. The fourth-order valence-corrected chi connectivity index (χ4v) is 3.70. The number of ether oxygens (including phenoxy) is 1. The fraction of sp³-hybridized carbons (Fsp3) is 0.217. The molecule has 148 valence electrons. The average Bonchev–Trinajstić information content (AvgIpc) is 3.10. The Hall–Kier alpha value is -3.22. The molecule has 0 bridgehead atoms. The molecule has 1 amide bonds. The lowest BCUT2D eigenvalue weighted by Crippen LogP contribution is -2.36. The zero-order valence-electron chi connectivity index (χ0n) is 15.7. The summed E-state index contributed by atoms with van der Waals surface area (Å²) in [6.45, 7) is 0.0488. The molecule has 3 N–H and O–H groups in total. The number of aliphatic hydroxyl groups is 2. The number of aromatic nitrogens is 1. The fourth-order valence-electron chi connectivity index (χ4n) is 3.70. The van der Waals surface area contributed by atoms with Crippen LogP contribution in [-0.2, 0) is 4.74 Å². The van der Waals surface area contributed by atoms with Gasteiger partial charge in [-0.3, -0.25) is 4.98 Å². The van der Waals surface area contributed by atoms with E-state index in [9.17, 15) is 15.0 Å². The Bertz CT molecular complexity index is 947. The number of nitrogens with one attached hydrogen (secondary N) is 1. The first-order valence-electron chi connectivity index (χ1n) is 9.51. The van der Waals surface area contributed by atoms with Crippen LogP contribution in [0.1, 0.15) is 28.8 Å². The zero-order valence-corrected chi connectivity index (χ0v) is 15.7. The molecule has 0 radical (unpaired) electrons. The minimum Gasteiger partial charge on any atom is -0.449 e. The van der Waals surface area contributed by atoms with Crippen molar-refractivity contribution in [3.8, 4) is 11.1 Å². The summed E-state index contributed by atoms with van der Waals surface area (Å²) in [6.07, 6.45) is -1.49. The molecule has 3 aromatic rings. The molecule has 0 spiro atoms. The van der Waals surface area contributed by atoms with E-state index < -0.39 is 18.3 Å². The summed E-state index contributed by atoms with van der Waals surface area (Å²) in [7, 11) is 0. The van der Waals surface area contributed by atoms with Crippen molar-refractivity contribution in [2.45, 2.75) is 18.1 Å². The van der Waals surface area contributed by atoms with Crippen LogP contribution in [0.3, 0.4) is 0 Å². The molecule has 2 aromatic carbocycles. The number of aliphatic hydroxyl groups excluding tert-OH is 2. The van der Waals surface area contributed by atoms with Crippen LogP contribution in [0.4, 0.5) is 4.79 Å². The van der Waals surface area contributed by atoms with Gasteiger partial charge in [-0.1, -0.05) is 54.6 Å². The Morgan fingerprint density at radius 1 is 0.966 bits per heavy atom. The molecular weight excluding hydrogens is 368 g/mol. The second-order valence-electron chi connectivity index (χ2n) is 6.97. The van der Waals surface area contributed by atoms with Crippen LogP contribution >= 0.6 is 0 Å². The molecule has 0 saturated heterocycles.